The summed E-state index contributed by atoms with van der Waals surface area (Å²) >= 11 is 0. The van der Waals surface area contributed by atoms with E-state index in [1.165, 1.54) is 12.1 Å². The van der Waals surface area contributed by atoms with Gasteiger partial charge in [0.25, 0.3) is 0 Å². The molecule has 1 fully saturated rings. The van der Waals surface area contributed by atoms with Gasteiger partial charge in [0.2, 0.25) is 5.91 Å². The Labute approximate surface area is 156 Å². The Kier molecular flexibility index (Phi) is 5.55. The van der Waals surface area contributed by atoms with Crippen molar-refractivity contribution in [1.82, 2.24) is 19.6 Å². The second kappa shape index (κ2) is 7.72. The van der Waals surface area contributed by atoms with Gasteiger partial charge in [-0.1, -0.05) is 18.2 Å². The Morgan fingerprint density at radius 3 is 2.48 bits per heavy atom. The summed E-state index contributed by atoms with van der Waals surface area (Å²) in [5.41, 5.74) is 0.864. The van der Waals surface area contributed by atoms with Crippen LogP contribution in [0.25, 0.3) is 0 Å². The van der Waals surface area contributed by atoms with Gasteiger partial charge in [0, 0.05) is 38.9 Å². The number of alkyl halides is 3. The number of rotatable bonds is 4. The highest BCUT2D eigenvalue weighted by Crippen LogP contribution is 2.29. The number of halogens is 3. The first-order valence-corrected chi connectivity index (χ1v) is 8.93. The first-order chi connectivity index (χ1) is 12.7. The van der Waals surface area contributed by atoms with Crippen LogP contribution in [0.2, 0.25) is 0 Å². The molecule has 0 bridgehead atoms. The number of carbonyl (C=O) groups excluding carboxylic acids is 1. The van der Waals surface area contributed by atoms with Gasteiger partial charge in [0.05, 0.1) is 11.3 Å². The Balaban J connectivity index is 1.55. The molecule has 1 amide bonds. The van der Waals surface area contributed by atoms with Crippen LogP contribution in [0, 0.1) is 6.92 Å². The molecule has 0 spiro atoms. The largest absolute Gasteiger partial charge is 0.416 e. The number of aryl methyl sites for hydroxylation is 1. The number of benzene rings is 1. The number of nitrogens with zero attached hydrogens (tertiary/aromatic N) is 4. The summed E-state index contributed by atoms with van der Waals surface area (Å²) in [7, 11) is 0. The molecule has 2 heterocycles. The van der Waals surface area contributed by atoms with Gasteiger partial charge in [-0.2, -0.15) is 18.3 Å². The van der Waals surface area contributed by atoms with Gasteiger partial charge in [-0.3, -0.25) is 14.4 Å². The van der Waals surface area contributed by atoms with E-state index in [1.54, 1.807) is 21.8 Å². The lowest BCUT2D eigenvalue weighted by Crippen LogP contribution is -2.50. The lowest BCUT2D eigenvalue weighted by Gasteiger charge is -2.36. The second-order valence-electron chi connectivity index (χ2n) is 6.91. The van der Waals surface area contributed by atoms with Crippen LogP contribution in [-0.2, 0) is 17.5 Å². The molecule has 1 aromatic carbocycles. The third kappa shape index (κ3) is 4.68. The van der Waals surface area contributed by atoms with Crippen LogP contribution in [0.3, 0.4) is 0 Å². The Morgan fingerprint density at radius 2 is 1.89 bits per heavy atom. The van der Waals surface area contributed by atoms with Gasteiger partial charge in [-0.05, 0) is 31.5 Å². The topological polar surface area (TPSA) is 41.4 Å². The van der Waals surface area contributed by atoms with E-state index >= 15 is 0 Å². The van der Waals surface area contributed by atoms with E-state index in [0.29, 0.717) is 38.3 Å². The van der Waals surface area contributed by atoms with Crippen LogP contribution in [0.1, 0.15) is 29.8 Å². The van der Waals surface area contributed by atoms with Crippen molar-refractivity contribution in [3.8, 4) is 0 Å². The van der Waals surface area contributed by atoms with Crippen LogP contribution < -0.4 is 0 Å². The van der Waals surface area contributed by atoms with Gasteiger partial charge in [-0.15, -0.1) is 0 Å². The molecule has 27 heavy (non-hydrogen) atoms. The summed E-state index contributed by atoms with van der Waals surface area (Å²) in [6.45, 7) is 6.52. The van der Waals surface area contributed by atoms with E-state index in [4.69, 9.17) is 0 Å². The fourth-order valence-electron chi connectivity index (χ4n) is 3.26. The number of amides is 1. The van der Waals surface area contributed by atoms with Crippen LogP contribution >= 0.6 is 0 Å². The summed E-state index contributed by atoms with van der Waals surface area (Å²) in [6, 6.07) is 6.91. The summed E-state index contributed by atoms with van der Waals surface area (Å²) in [6.07, 6.45) is -2.54. The van der Waals surface area contributed by atoms with Gasteiger partial charge in [-0.25, -0.2) is 0 Å². The van der Waals surface area contributed by atoms with Gasteiger partial charge in [0.15, 0.2) is 0 Å². The molecule has 1 aromatic heterocycles. The Morgan fingerprint density at radius 1 is 1.19 bits per heavy atom. The highest BCUT2D eigenvalue weighted by Gasteiger charge is 2.31. The molecule has 146 valence electrons. The average molecular weight is 380 g/mol. The fraction of sp³-hybridized carbons (Fsp3) is 0.474. The van der Waals surface area contributed by atoms with Crippen molar-refractivity contribution in [3.63, 3.8) is 0 Å². The van der Waals surface area contributed by atoms with Crippen molar-refractivity contribution < 1.29 is 18.0 Å². The van der Waals surface area contributed by atoms with Crippen molar-refractivity contribution in [1.29, 1.82) is 0 Å². The molecule has 3 rings (SSSR count). The molecule has 8 heteroatoms. The maximum absolute atomic E-state index is 12.8. The maximum atomic E-state index is 12.8. The van der Waals surface area contributed by atoms with Crippen molar-refractivity contribution in [2.45, 2.75) is 32.6 Å². The molecule has 0 saturated carbocycles. The SMILES string of the molecule is Cc1ccn(C(C)C(=O)N2CCN(Cc3cccc(C(F)(F)F)c3)CC2)n1. The van der Waals surface area contributed by atoms with Crippen LogP contribution in [-0.4, -0.2) is 51.7 Å². The Hall–Kier alpha value is -2.35. The number of aromatic nitrogens is 2. The van der Waals surface area contributed by atoms with Gasteiger partial charge >= 0.3 is 6.18 Å². The molecule has 1 unspecified atom stereocenters. The third-order valence-corrected chi connectivity index (χ3v) is 4.84. The van der Waals surface area contributed by atoms with E-state index in [-0.39, 0.29) is 11.9 Å². The highest BCUT2D eigenvalue weighted by molar-refractivity contribution is 5.80. The quantitative estimate of drug-likeness (QED) is 0.819. The predicted molar refractivity (Wildman–Crippen MR) is 95.0 cm³/mol. The molecule has 0 radical (unpaired) electrons. The minimum Gasteiger partial charge on any atom is -0.338 e. The molecule has 5 nitrogen and oxygen atoms in total. The first kappa shape index (κ1) is 19.4. The predicted octanol–water partition coefficient (Wildman–Crippen LogP) is 3.12. The minimum atomic E-state index is -4.33. The molecule has 0 N–H and O–H groups in total. The molecule has 1 aliphatic heterocycles. The van der Waals surface area contributed by atoms with E-state index in [0.717, 1.165) is 11.8 Å². The monoisotopic (exact) mass is 380 g/mol. The van der Waals surface area contributed by atoms with Gasteiger partial charge < -0.3 is 4.90 Å². The van der Waals surface area contributed by atoms with E-state index < -0.39 is 11.7 Å². The fourth-order valence-corrected chi connectivity index (χ4v) is 3.26. The zero-order valence-corrected chi connectivity index (χ0v) is 15.4. The summed E-state index contributed by atoms with van der Waals surface area (Å²) in [4.78, 5) is 16.5. The molecule has 1 aliphatic rings. The van der Waals surface area contributed by atoms with Gasteiger partial charge in [0.1, 0.15) is 6.04 Å². The number of carbonyl (C=O) groups is 1. The highest BCUT2D eigenvalue weighted by atomic mass is 19.4. The normalized spacial score (nSPS) is 17.1. The Bertz CT molecular complexity index is 794. The molecular weight excluding hydrogens is 357 g/mol. The van der Waals surface area contributed by atoms with Crippen LogP contribution in [0.4, 0.5) is 13.2 Å². The maximum Gasteiger partial charge on any atom is 0.416 e. The van der Waals surface area contributed by atoms with Crippen molar-refractivity contribution in [2.75, 3.05) is 26.2 Å². The minimum absolute atomic E-state index is 0.0109. The number of piperazine rings is 1. The summed E-state index contributed by atoms with van der Waals surface area (Å²) in [5.74, 6) is 0.0109. The molecule has 2 aromatic rings. The summed E-state index contributed by atoms with van der Waals surface area (Å²) < 4.78 is 40.2. The summed E-state index contributed by atoms with van der Waals surface area (Å²) in [5, 5.41) is 4.29. The molecule has 0 aliphatic carbocycles. The zero-order valence-electron chi connectivity index (χ0n) is 15.4. The second-order valence-corrected chi connectivity index (χ2v) is 6.91. The molecule has 1 saturated heterocycles. The number of hydrogen-bond donors (Lipinski definition) is 0. The zero-order chi connectivity index (χ0) is 19.6. The van der Waals surface area contributed by atoms with E-state index in [9.17, 15) is 18.0 Å². The smallest absolute Gasteiger partial charge is 0.338 e. The molecular formula is C19H23F3N4O. The van der Waals surface area contributed by atoms with Crippen molar-refractivity contribution in [3.05, 3.63) is 53.3 Å². The standard InChI is InChI=1S/C19H23F3N4O/c1-14-6-7-26(23-14)15(2)18(27)25-10-8-24(9-11-25)13-16-4-3-5-17(12-16)19(20,21)22/h3-7,12,15H,8-11,13H2,1-2H3. The lowest BCUT2D eigenvalue weighted by atomic mass is 10.1. The van der Waals surface area contributed by atoms with Crippen LogP contribution in [0.5, 0.6) is 0 Å². The third-order valence-electron chi connectivity index (χ3n) is 4.84. The molecule has 1 atom stereocenters. The van der Waals surface area contributed by atoms with Crippen molar-refractivity contribution in [2.24, 2.45) is 0 Å². The number of hydrogen-bond acceptors (Lipinski definition) is 3. The van der Waals surface area contributed by atoms with Crippen molar-refractivity contribution >= 4 is 5.91 Å². The first-order valence-electron chi connectivity index (χ1n) is 8.93. The average Bonchev–Trinajstić information content (AvgIpc) is 3.07. The lowest BCUT2D eigenvalue weighted by molar-refractivity contribution is -0.138. The van der Waals surface area contributed by atoms with E-state index in [2.05, 4.69) is 10.00 Å². The van der Waals surface area contributed by atoms with E-state index in [1.807, 2.05) is 19.9 Å². The van der Waals surface area contributed by atoms with Crippen LogP contribution in [0.15, 0.2) is 36.5 Å².